The van der Waals surface area contributed by atoms with Gasteiger partial charge in [0.2, 0.25) is 35.4 Å². The van der Waals surface area contributed by atoms with Gasteiger partial charge in [-0.1, -0.05) is 13.8 Å². The van der Waals surface area contributed by atoms with E-state index < -0.39 is 96.6 Å². The molecule has 1 aromatic rings. The van der Waals surface area contributed by atoms with Crippen LogP contribution in [-0.4, -0.2) is 141 Å². The first-order valence-corrected chi connectivity index (χ1v) is 19.2. The summed E-state index contributed by atoms with van der Waals surface area (Å²) in [4.78, 5) is 116. The number of nitrogens with zero attached hydrogens (tertiary/aromatic N) is 3. The number of aromatic nitrogens is 2. The predicted molar refractivity (Wildman–Crippen MR) is 208 cm³/mol. The molecular formula is C35H59N13O10. The number of nitrogens with one attached hydrogen (secondary N) is 6. The quantitative estimate of drug-likeness (QED) is 0.0242. The van der Waals surface area contributed by atoms with E-state index in [1.54, 1.807) is 13.8 Å². The molecule has 1 aromatic heterocycles. The van der Waals surface area contributed by atoms with Crippen LogP contribution in [0.2, 0.25) is 0 Å². The van der Waals surface area contributed by atoms with Gasteiger partial charge in [-0.05, 0) is 63.8 Å². The molecule has 1 aliphatic rings. The average Bonchev–Trinajstić information content (AvgIpc) is 3.87. The Morgan fingerprint density at radius 1 is 0.862 bits per heavy atom. The maximum Gasteiger partial charge on any atom is 0.326 e. The molecular weight excluding hydrogens is 762 g/mol. The van der Waals surface area contributed by atoms with Crippen LogP contribution in [0.25, 0.3) is 0 Å². The lowest BCUT2D eigenvalue weighted by Gasteiger charge is -2.31. The summed E-state index contributed by atoms with van der Waals surface area (Å²) in [7, 11) is 0. The first-order valence-electron chi connectivity index (χ1n) is 19.2. The van der Waals surface area contributed by atoms with Gasteiger partial charge in [-0.3, -0.25) is 38.6 Å². The van der Waals surface area contributed by atoms with Gasteiger partial charge < -0.3 is 69.6 Å². The van der Waals surface area contributed by atoms with Crippen LogP contribution in [0.15, 0.2) is 17.5 Å². The predicted octanol–water partition coefficient (Wildman–Crippen LogP) is -3.89. The molecule has 2 rings (SSSR count). The van der Waals surface area contributed by atoms with Crippen LogP contribution < -0.4 is 49.5 Å². The summed E-state index contributed by atoms with van der Waals surface area (Å²) in [5.41, 5.74) is 22.4. The number of unbranched alkanes of at least 4 members (excludes halogenated alkanes) is 1. The minimum Gasteiger partial charge on any atom is -0.481 e. The molecule has 324 valence electrons. The number of carbonyl (C=O) groups excluding carboxylic acids is 6. The number of likely N-dealkylation sites (tertiary alicyclic amines) is 1. The Labute approximate surface area is 335 Å². The van der Waals surface area contributed by atoms with Crippen LogP contribution in [0, 0.1) is 5.92 Å². The largest absolute Gasteiger partial charge is 0.481 e. The summed E-state index contributed by atoms with van der Waals surface area (Å²) >= 11 is 0. The molecule has 0 aliphatic carbocycles. The van der Waals surface area contributed by atoms with E-state index in [9.17, 15) is 48.6 Å². The second kappa shape index (κ2) is 24.7. The van der Waals surface area contributed by atoms with Crippen LogP contribution in [-0.2, 0) is 44.8 Å². The van der Waals surface area contributed by atoms with Gasteiger partial charge in [-0.15, -0.1) is 0 Å². The van der Waals surface area contributed by atoms with Crippen molar-refractivity contribution < 1.29 is 48.6 Å². The Bertz CT molecular complexity index is 1590. The number of rotatable bonds is 26. The van der Waals surface area contributed by atoms with E-state index in [2.05, 4.69) is 41.5 Å². The molecule has 2 heterocycles. The zero-order valence-electron chi connectivity index (χ0n) is 32.9. The van der Waals surface area contributed by atoms with E-state index in [1.807, 2.05) is 0 Å². The fourth-order valence-electron chi connectivity index (χ4n) is 6.26. The van der Waals surface area contributed by atoms with E-state index in [1.165, 1.54) is 17.4 Å². The third-order valence-electron chi connectivity index (χ3n) is 9.13. The number of guanidine groups is 1. The topological polar surface area (TPSA) is 386 Å². The van der Waals surface area contributed by atoms with E-state index in [0.717, 1.165) is 0 Å². The number of imidazole rings is 1. The molecule has 6 unspecified atom stereocenters. The van der Waals surface area contributed by atoms with Gasteiger partial charge in [0.05, 0.1) is 19.3 Å². The average molecular weight is 822 g/mol. The smallest absolute Gasteiger partial charge is 0.326 e. The summed E-state index contributed by atoms with van der Waals surface area (Å²) in [6, 6.07) is -7.80. The van der Waals surface area contributed by atoms with Crippen LogP contribution >= 0.6 is 0 Å². The van der Waals surface area contributed by atoms with Gasteiger partial charge in [-0.2, -0.15) is 0 Å². The van der Waals surface area contributed by atoms with Crippen LogP contribution in [0.1, 0.15) is 77.3 Å². The van der Waals surface area contributed by atoms with Crippen molar-refractivity contribution in [2.45, 2.75) is 114 Å². The van der Waals surface area contributed by atoms with Gasteiger partial charge in [0.15, 0.2) is 5.96 Å². The second-order valence-electron chi connectivity index (χ2n) is 14.3. The third-order valence-corrected chi connectivity index (χ3v) is 9.13. The number of carbonyl (C=O) groups is 8. The van der Waals surface area contributed by atoms with Crippen molar-refractivity contribution in [3.63, 3.8) is 0 Å². The van der Waals surface area contributed by atoms with Gasteiger partial charge in [0, 0.05) is 31.4 Å². The third kappa shape index (κ3) is 16.7. The lowest BCUT2D eigenvalue weighted by atomic mass is 10.0. The maximum atomic E-state index is 14.2. The van der Waals surface area contributed by atoms with Gasteiger partial charge in [-0.25, -0.2) is 9.78 Å². The summed E-state index contributed by atoms with van der Waals surface area (Å²) < 4.78 is 0. The van der Waals surface area contributed by atoms with E-state index in [0.29, 0.717) is 31.5 Å². The monoisotopic (exact) mass is 821 g/mol. The van der Waals surface area contributed by atoms with Crippen molar-refractivity contribution in [3.05, 3.63) is 18.2 Å². The molecule has 6 amide bonds. The number of carboxylic acid groups (broad SMARTS) is 2. The molecule has 0 aromatic carbocycles. The Kier molecular flexibility index (Phi) is 20.6. The lowest BCUT2D eigenvalue weighted by molar-refractivity contribution is -0.144. The molecule has 0 bridgehead atoms. The number of hydrogen-bond donors (Lipinski definition) is 12. The normalized spacial score (nSPS) is 16.2. The minimum absolute atomic E-state index is 0.00948. The van der Waals surface area contributed by atoms with Crippen molar-refractivity contribution in [1.82, 2.24) is 41.5 Å². The fraction of sp³-hybridized carbons (Fsp3) is 0.657. The van der Waals surface area contributed by atoms with Crippen molar-refractivity contribution in [3.8, 4) is 0 Å². The number of aromatic amines is 1. The van der Waals surface area contributed by atoms with E-state index in [-0.39, 0.29) is 63.5 Å². The van der Waals surface area contributed by atoms with Crippen LogP contribution in [0.3, 0.4) is 0 Å². The molecule has 0 radical (unpaired) electrons. The first kappa shape index (κ1) is 48.3. The Morgan fingerprint density at radius 3 is 2.09 bits per heavy atom. The Hall–Kier alpha value is -5.84. The zero-order valence-corrected chi connectivity index (χ0v) is 32.9. The second-order valence-corrected chi connectivity index (χ2v) is 14.3. The van der Waals surface area contributed by atoms with Crippen molar-refractivity contribution in [1.29, 1.82) is 0 Å². The summed E-state index contributed by atoms with van der Waals surface area (Å²) in [6.45, 7) is 3.67. The minimum atomic E-state index is -1.69. The SMILES string of the molecule is CC(C)CC(NC(=O)C1CCCN1C(=O)C(CCCN=C(N)N)NC(=O)C(Cc1cnc[nH]1)NC(=O)CN)C(=O)NC(CC(=O)O)C(=O)NC(CCCCN)C(=O)O. The Balaban J connectivity index is 2.31. The highest BCUT2D eigenvalue weighted by atomic mass is 16.4. The molecule has 16 N–H and O–H groups in total. The van der Waals surface area contributed by atoms with Gasteiger partial charge in [0.25, 0.3) is 0 Å². The fourth-order valence-corrected chi connectivity index (χ4v) is 6.26. The van der Waals surface area contributed by atoms with Crippen molar-refractivity contribution >= 4 is 53.3 Å². The number of carboxylic acids is 2. The number of hydrogen-bond acceptors (Lipinski definition) is 12. The van der Waals surface area contributed by atoms with Crippen LogP contribution in [0.5, 0.6) is 0 Å². The number of amides is 6. The van der Waals surface area contributed by atoms with E-state index in [4.69, 9.17) is 22.9 Å². The highest BCUT2D eigenvalue weighted by molar-refractivity contribution is 5.97. The highest BCUT2D eigenvalue weighted by Gasteiger charge is 2.40. The number of aliphatic carboxylic acids is 2. The molecule has 23 heteroatoms. The number of aliphatic imine (C=N–C) groups is 1. The van der Waals surface area contributed by atoms with Crippen molar-refractivity contribution in [2.24, 2.45) is 33.8 Å². The van der Waals surface area contributed by atoms with Gasteiger partial charge >= 0.3 is 11.9 Å². The lowest BCUT2D eigenvalue weighted by Crippen LogP contribution is -2.59. The Morgan fingerprint density at radius 2 is 1.50 bits per heavy atom. The molecule has 23 nitrogen and oxygen atoms in total. The number of H-pyrrole nitrogens is 1. The van der Waals surface area contributed by atoms with Crippen LogP contribution in [0.4, 0.5) is 0 Å². The molecule has 1 fully saturated rings. The van der Waals surface area contributed by atoms with E-state index >= 15 is 0 Å². The molecule has 58 heavy (non-hydrogen) atoms. The molecule has 1 saturated heterocycles. The standard InChI is InChI=1S/C35H59N13O10/c1-19(2)13-23(29(52)46-25(15-28(50)51)31(54)45-22(34(57)58)7-3-4-10-36)47-32(55)26-9-6-12-48(26)33(56)21(8-5-11-41-35(38)39)44-30(53)24(43-27(49)16-37)14-20-17-40-18-42-20/h17-19,21-26H,3-16,36-37H2,1-2H3,(H,40,42)(H,43,49)(H,44,53)(H,45,54)(H,46,52)(H,47,55)(H,50,51)(H,57,58)(H4,38,39,41). The molecule has 6 atom stereocenters. The molecule has 0 saturated carbocycles. The van der Waals surface area contributed by atoms with Crippen molar-refractivity contribution in [2.75, 3.05) is 26.2 Å². The summed E-state index contributed by atoms with van der Waals surface area (Å²) in [5.74, 6) is -7.78. The zero-order chi connectivity index (χ0) is 43.4. The summed E-state index contributed by atoms with van der Waals surface area (Å²) in [5, 5.41) is 31.6. The molecule has 1 aliphatic heterocycles. The summed E-state index contributed by atoms with van der Waals surface area (Å²) in [6.07, 6.45) is 3.77. The first-order chi connectivity index (χ1) is 27.5. The van der Waals surface area contributed by atoms with Gasteiger partial charge in [0.1, 0.15) is 36.3 Å². The molecule has 0 spiro atoms. The highest BCUT2D eigenvalue weighted by Crippen LogP contribution is 2.21. The maximum absolute atomic E-state index is 14.2. The number of nitrogens with two attached hydrogens (primary N) is 4.